The molecule has 0 radical (unpaired) electrons. The number of aliphatic hydroxyl groups is 1. The van der Waals surface area contributed by atoms with Crippen molar-refractivity contribution in [2.24, 2.45) is 17.8 Å². The summed E-state index contributed by atoms with van der Waals surface area (Å²) >= 11 is 0. The first-order valence-electron chi connectivity index (χ1n) is 11.2. The van der Waals surface area contributed by atoms with Crippen molar-refractivity contribution in [1.29, 1.82) is 0 Å². The highest BCUT2D eigenvalue weighted by Gasteiger charge is 2.62. The fraction of sp³-hybridized carbons (Fsp3) is 0.870. The Morgan fingerprint density at radius 2 is 1.46 bits per heavy atom. The third-order valence-corrected chi connectivity index (χ3v) is 9.19. The molecule has 28 heavy (non-hydrogen) atoms. The van der Waals surface area contributed by atoms with Gasteiger partial charge in [0, 0.05) is 24.7 Å². The van der Waals surface area contributed by atoms with Crippen LogP contribution in [0.15, 0.2) is 0 Å². The van der Waals surface area contributed by atoms with Gasteiger partial charge in [0.15, 0.2) is 0 Å². The topological polar surface area (TPSA) is 79.3 Å². The van der Waals surface area contributed by atoms with Gasteiger partial charge < -0.3 is 25.8 Å². The molecule has 3 aliphatic rings. The number of rotatable bonds is 5. The molecule has 1 heterocycles. The Kier molecular flexibility index (Phi) is 6.02. The van der Waals surface area contributed by atoms with Gasteiger partial charge in [0.1, 0.15) is 12.2 Å². The molecule has 2 aliphatic carbocycles. The van der Waals surface area contributed by atoms with E-state index in [0.29, 0.717) is 11.8 Å². The van der Waals surface area contributed by atoms with Gasteiger partial charge in [-0.05, 0) is 66.2 Å². The van der Waals surface area contributed by atoms with Gasteiger partial charge in [-0.15, -0.1) is 0 Å². The molecule has 0 amide bonds. The third kappa shape index (κ3) is 3.45. The van der Waals surface area contributed by atoms with Gasteiger partial charge in [0.05, 0.1) is 22.2 Å². The van der Waals surface area contributed by atoms with Gasteiger partial charge in [-0.3, -0.25) is 0 Å². The Balaban J connectivity index is 1.92. The second kappa shape index (κ2) is 7.49. The maximum absolute atomic E-state index is 11.6. The van der Waals surface area contributed by atoms with Gasteiger partial charge in [0.25, 0.3) is 0 Å². The van der Waals surface area contributed by atoms with Crippen LogP contribution in [0, 0.1) is 38.9 Å². The molecule has 0 aromatic heterocycles. The highest BCUT2D eigenvalue weighted by atomic mass is 16.5. The molecule has 164 valence electrons. The quantitative estimate of drug-likeness (QED) is 0.498. The largest absolute Gasteiger partial charge is 0.474 e. The predicted octanol–water partition coefficient (Wildman–Crippen LogP) is 0.0822. The van der Waals surface area contributed by atoms with Crippen LogP contribution in [0.4, 0.5) is 0 Å². The first kappa shape index (κ1) is 22.5. The molecule has 3 fully saturated rings. The summed E-state index contributed by atoms with van der Waals surface area (Å²) in [6, 6.07) is 0. The Labute approximate surface area is 172 Å². The molecule has 7 N–H and O–H groups in total. The lowest BCUT2D eigenvalue weighted by Gasteiger charge is -2.59. The molecule has 5 heteroatoms. The van der Waals surface area contributed by atoms with Gasteiger partial charge in [-0.2, -0.15) is 21.1 Å². The summed E-state index contributed by atoms with van der Waals surface area (Å²) < 4.78 is 6.81. The van der Waals surface area contributed by atoms with Crippen LogP contribution in [-0.2, 0) is 4.74 Å². The van der Waals surface area contributed by atoms with E-state index in [4.69, 9.17) is 4.74 Å². The van der Waals surface area contributed by atoms with Crippen molar-refractivity contribution in [1.82, 2.24) is 0 Å². The minimum absolute atomic E-state index is 0.0255. The first-order valence-corrected chi connectivity index (χ1v) is 11.2. The van der Waals surface area contributed by atoms with Crippen molar-refractivity contribution in [2.75, 3.05) is 0 Å². The number of quaternary nitrogens is 3. The van der Waals surface area contributed by atoms with E-state index in [1.54, 1.807) is 0 Å². The average molecular weight is 396 g/mol. The molecule has 0 spiro atoms. The van der Waals surface area contributed by atoms with Crippen LogP contribution in [0.3, 0.4) is 0 Å². The summed E-state index contributed by atoms with van der Waals surface area (Å²) in [6.07, 6.45) is 6.30. The highest BCUT2D eigenvalue weighted by Crippen LogP contribution is 2.55. The first-order chi connectivity index (χ1) is 13.0. The van der Waals surface area contributed by atoms with Crippen LogP contribution >= 0.6 is 0 Å². The standard InChI is InChI=1S/C23H45N3O2/c1-20(2,24-6)17-11-14-23(5,28-17)16-10-12-21(3,25-7)15-9-13-22(4,26-8)19(27)18(15)16/h15-19,27H,6-14,24-26H2,1-5H3. The summed E-state index contributed by atoms with van der Waals surface area (Å²) in [7, 11) is 12.3. The van der Waals surface area contributed by atoms with Crippen LogP contribution in [0.1, 0.15) is 73.1 Å². The lowest BCUT2D eigenvalue weighted by molar-refractivity contribution is -0.704. The molecule has 0 bridgehead atoms. The van der Waals surface area contributed by atoms with E-state index < -0.39 is 0 Å². The molecular weight excluding hydrogens is 350 g/mol. The second-order valence-corrected chi connectivity index (χ2v) is 11.2. The van der Waals surface area contributed by atoms with E-state index in [2.05, 4.69) is 61.1 Å². The highest BCUT2D eigenvalue weighted by molar-refractivity contribution is 5.10. The molecule has 0 aromatic carbocycles. The van der Waals surface area contributed by atoms with Crippen LogP contribution in [0.5, 0.6) is 0 Å². The van der Waals surface area contributed by atoms with Crippen molar-refractivity contribution >= 4 is 0 Å². The Morgan fingerprint density at radius 1 is 0.893 bits per heavy atom. The van der Waals surface area contributed by atoms with Crippen LogP contribution in [-0.4, -0.2) is 39.5 Å². The normalized spacial score (nSPS) is 49.8. The fourth-order valence-electron chi connectivity index (χ4n) is 6.56. The number of fused-ring (bicyclic) bond motifs is 1. The van der Waals surface area contributed by atoms with E-state index in [9.17, 15) is 5.11 Å². The Morgan fingerprint density at radius 3 is 2.04 bits per heavy atom. The Hall–Kier alpha value is -0.200. The molecule has 1 saturated heterocycles. The van der Waals surface area contributed by atoms with E-state index in [1.807, 2.05) is 10.6 Å². The van der Waals surface area contributed by atoms with Crippen molar-refractivity contribution in [3.8, 4) is 0 Å². The van der Waals surface area contributed by atoms with Gasteiger partial charge in [0.2, 0.25) is 0 Å². The number of aliphatic hydroxyl groups excluding tert-OH is 1. The maximum Gasteiger partial charge on any atom is 0.110 e. The second-order valence-electron chi connectivity index (χ2n) is 11.2. The van der Waals surface area contributed by atoms with Gasteiger partial charge in [-0.25, -0.2) is 0 Å². The molecule has 8 unspecified atom stereocenters. The zero-order valence-electron chi connectivity index (χ0n) is 18.8. The number of nitrogens with two attached hydrogens (primary N) is 3. The number of ether oxygens (including phenoxy) is 1. The van der Waals surface area contributed by atoms with Gasteiger partial charge in [-0.1, -0.05) is 0 Å². The summed E-state index contributed by atoms with van der Waals surface area (Å²) in [5.74, 6) is 1.05. The van der Waals surface area contributed by atoms with Crippen molar-refractivity contribution in [3.05, 3.63) is 21.1 Å². The lowest BCUT2D eigenvalue weighted by Crippen LogP contribution is -2.98. The van der Waals surface area contributed by atoms with E-state index in [-0.39, 0.29) is 40.3 Å². The fourth-order valence-corrected chi connectivity index (χ4v) is 6.56. The molecule has 8 atom stereocenters. The molecule has 0 aromatic rings. The average Bonchev–Trinajstić information content (AvgIpc) is 3.09. The SMILES string of the molecule is [CH2-][NH2+]C(C)(C)C1CCC(C)(C2CCC(C)([NH2+][CH2-])C3CCC(C)([NH2+][CH2-])C(O)C32)O1. The van der Waals surface area contributed by atoms with E-state index in [1.165, 1.54) is 0 Å². The van der Waals surface area contributed by atoms with E-state index in [0.717, 1.165) is 38.5 Å². The van der Waals surface area contributed by atoms with Crippen LogP contribution in [0.25, 0.3) is 0 Å². The molecule has 2 saturated carbocycles. The van der Waals surface area contributed by atoms with Crippen LogP contribution in [0.2, 0.25) is 0 Å². The van der Waals surface area contributed by atoms with E-state index >= 15 is 0 Å². The molecular formula is C23H45N3O2. The smallest absolute Gasteiger partial charge is 0.110 e. The minimum atomic E-state index is -0.375. The summed E-state index contributed by atoms with van der Waals surface area (Å²) in [5, 5.41) is 17.8. The summed E-state index contributed by atoms with van der Waals surface area (Å²) in [6.45, 7) is 11.3. The zero-order valence-corrected chi connectivity index (χ0v) is 18.8. The molecule has 3 rings (SSSR count). The van der Waals surface area contributed by atoms with Gasteiger partial charge >= 0.3 is 0 Å². The molecule has 1 aliphatic heterocycles. The van der Waals surface area contributed by atoms with Crippen molar-refractivity contribution in [2.45, 2.75) is 108 Å². The maximum atomic E-state index is 11.6. The predicted molar refractivity (Wildman–Crippen MR) is 110 cm³/mol. The third-order valence-electron chi connectivity index (χ3n) is 9.19. The van der Waals surface area contributed by atoms with Crippen LogP contribution < -0.4 is 16.0 Å². The number of hydrogen-bond acceptors (Lipinski definition) is 2. The minimum Gasteiger partial charge on any atom is -0.474 e. The summed E-state index contributed by atoms with van der Waals surface area (Å²) in [4.78, 5) is 0. The van der Waals surface area contributed by atoms with Crippen molar-refractivity contribution < 1.29 is 25.8 Å². The monoisotopic (exact) mass is 395 g/mol. The lowest BCUT2D eigenvalue weighted by atomic mass is 9.51. The zero-order chi connectivity index (χ0) is 21.0. The summed E-state index contributed by atoms with van der Waals surface area (Å²) in [5.41, 5.74) is -0.327. The Bertz CT molecular complexity index is 570. The number of hydrogen-bond donors (Lipinski definition) is 4. The molecule has 5 nitrogen and oxygen atoms in total. The van der Waals surface area contributed by atoms with Crippen molar-refractivity contribution in [3.63, 3.8) is 0 Å².